The molecule has 1 aromatic heterocycles. The summed E-state index contributed by atoms with van der Waals surface area (Å²) in [7, 11) is 3.88. The molecule has 1 aromatic rings. The molecule has 0 aliphatic carbocycles. The number of nitrogens with zero attached hydrogens (tertiary/aromatic N) is 3. The molecule has 1 fully saturated rings. The second kappa shape index (κ2) is 5.62. The zero-order valence-electron chi connectivity index (χ0n) is 10.9. The molecular weight excluding hydrogens is 250 g/mol. The van der Waals surface area contributed by atoms with Crippen LogP contribution >= 0.6 is 11.3 Å². The first-order valence-corrected chi connectivity index (χ1v) is 6.94. The molecule has 2 atom stereocenters. The average Bonchev–Trinajstić information content (AvgIpc) is 2.82. The summed E-state index contributed by atoms with van der Waals surface area (Å²) in [6, 6.07) is 0.747. The molecule has 1 aliphatic rings. The molecule has 1 amide bonds. The third-order valence-electron chi connectivity index (χ3n) is 3.38. The fourth-order valence-electron chi connectivity index (χ4n) is 2.08. The van der Waals surface area contributed by atoms with Crippen LogP contribution in [0, 0.1) is 0 Å². The number of piperidine rings is 1. The molecule has 2 rings (SSSR count). The Labute approximate surface area is 111 Å². The van der Waals surface area contributed by atoms with Crippen molar-refractivity contribution in [2.75, 3.05) is 26.0 Å². The van der Waals surface area contributed by atoms with Crippen molar-refractivity contribution < 1.29 is 4.79 Å². The minimum atomic E-state index is -0.115. The fraction of sp³-hybridized carbons (Fsp3) is 0.727. The van der Waals surface area contributed by atoms with E-state index in [1.165, 1.54) is 11.3 Å². The van der Waals surface area contributed by atoms with Gasteiger partial charge in [0.05, 0.1) is 0 Å². The minimum Gasteiger partial charge on any atom is -0.363 e. The van der Waals surface area contributed by atoms with Gasteiger partial charge in [-0.1, -0.05) is 11.3 Å². The number of aromatic nitrogens is 2. The van der Waals surface area contributed by atoms with Crippen molar-refractivity contribution in [3.63, 3.8) is 0 Å². The Kier molecular flexibility index (Phi) is 4.13. The summed E-state index contributed by atoms with van der Waals surface area (Å²) in [4.78, 5) is 14.3. The van der Waals surface area contributed by atoms with Crippen LogP contribution in [0.3, 0.4) is 0 Å². The van der Waals surface area contributed by atoms with E-state index in [4.69, 9.17) is 0 Å². The zero-order chi connectivity index (χ0) is 13.1. The van der Waals surface area contributed by atoms with E-state index in [0.717, 1.165) is 19.4 Å². The Morgan fingerprint density at radius 2 is 2.28 bits per heavy atom. The summed E-state index contributed by atoms with van der Waals surface area (Å²) in [6.45, 7) is 3.20. The number of anilines is 1. The molecule has 2 heterocycles. The highest BCUT2D eigenvalue weighted by atomic mass is 32.1. The lowest BCUT2D eigenvalue weighted by Gasteiger charge is -2.35. The molecule has 0 bridgehead atoms. The van der Waals surface area contributed by atoms with Crippen LogP contribution in [0.15, 0.2) is 0 Å². The number of hydrogen-bond acceptors (Lipinski definition) is 6. The van der Waals surface area contributed by atoms with E-state index < -0.39 is 0 Å². The normalized spacial score (nSPS) is 24.8. The third kappa shape index (κ3) is 2.97. The SMILES string of the molecule is CNc1nnc(C(=O)NC2CCN(C)C(C)C2)s1. The van der Waals surface area contributed by atoms with Crippen LogP contribution in [-0.2, 0) is 0 Å². The fourth-order valence-corrected chi connectivity index (χ4v) is 2.68. The van der Waals surface area contributed by atoms with Crippen molar-refractivity contribution >= 4 is 22.4 Å². The second-order valence-corrected chi connectivity index (χ2v) is 5.66. The summed E-state index contributed by atoms with van der Waals surface area (Å²) in [5.41, 5.74) is 0. The van der Waals surface area contributed by atoms with Crippen LogP contribution in [0.4, 0.5) is 5.13 Å². The maximum Gasteiger partial charge on any atom is 0.282 e. The van der Waals surface area contributed by atoms with Gasteiger partial charge in [0.2, 0.25) is 10.1 Å². The van der Waals surface area contributed by atoms with Crippen LogP contribution in [-0.4, -0.2) is 53.7 Å². The van der Waals surface area contributed by atoms with Crippen molar-refractivity contribution in [1.29, 1.82) is 0 Å². The van der Waals surface area contributed by atoms with Gasteiger partial charge in [-0.2, -0.15) is 0 Å². The first kappa shape index (κ1) is 13.2. The third-order valence-corrected chi connectivity index (χ3v) is 4.32. The molecule has 0 spiro atoms. The molecule has 1 aliphatic heterocycles. The highest BCUT2D eigenvalue weighted by molar-refractivity contribution is 7.17. The standard InChI is InChI=1S/C11H19N5OS/c1-7-6-8(4-5-16(7)3)13-9(17)10-14-15-11(12-2)18-10/h7-8H,4-6H2,1-3H3,(H,12,15)(H,13,17). The Morgan fingerprint density at radius 3 is 2.89 bits per heavy atom. The number of amides is 1. The number of likely N-dealkylation sites (tertiary alicyclic amines) is 1. The Hall–Kier alpha value is -1.21. The second-order valence-electron chi connectivity index (χ2n) is 4.69. The van der Waals surface area contributed by atoms with Crippen LogP contribution in [0.5, 0.6) is 0 Å². The molecule has 0 radical (unpaired) electrons. The maximum absolute atomic E-state index is 12.0. The van der Waals surface area contributed by atoms with Crippen molar-refractivity contribution in [3.8, 4) is 0 Å². The van der Waals surface area contributed by atoms with Gasteiger partial charge in [0.1, 0.15) is 0 Å². The van der Waals surface area contributed by atoms with Gasteiger partial charge in [-0.15, -0.1) is 10.2 Å². The van der Waals surface area contributed by atoms with Gasteiger partial charge in [-0.3, -0.25) is 4.79 Å². The van der Waals surface area contributed by atoms with Crippen molar-refractivity contribution in [2.45, 2.75) is 31.8 Å². The van der Waals surface area contributed by atoms with E-state index in [1.807, 2.05) is 0 Å². The zero-order valence-corrected chi connectivity index (χ0v) is 11.8. The summed E-state index contributed by atoms with van der Waals surface area (Å²) >= 11 is 1.28. The summed E-state index contributed by atoms with van der Waals surface area (Å²) < 4.78 is 0. The Balaban J connectivity index is 1.91. The number of nitrogens with one attached hydrogen (secondary N) is 2. The van der Waals surface area contributed by atoms with Crippen molar-refractivity contribution in [3.05, 3.63) is 5.01 Å². The summed E-state index contributed by atoms with van der Waals surface area (Å²) in [6.07, 6.45) is 1.98. The Morgan fingerprint density at radius 1 is 1.50 bits per heavy atom. The highest BCUT2D eigenvalue weighted by Gasteiger charge is 2.25. The topological polar surface area (TPSA) is 70.1 Å². The molecule has 6 nitrogen and oxygen atoms in total. The lowest BCUT2D eigenvalue weighted by molar-refractivity contribution is 0.0895. The number of hydrogen-bond donors (Lipinski definition) is 2. The molecule has 2 unspecified atom stereocenters. The van der Waals surface area contributed by atoms with Crippen molar-refractivity contribution in [2.24, 2.45) is 0 Å². The van der Waals surface area contributed by atoms with E-state index in [2.05, 4.69) is 39.7 Å². The van der Waals surface area contributed by atoms with Gasteiger partial charge in [-0.05, 0) is 26.8 Å². The molecule has 2 N–H and O–H groups in total. The van der Waals surface area contributed by atoms with Gasteiger partial charge in [0, 0.05) is 25.7 Å². The average molecular weight is 269 g/mol. The Bertz CT molecular complexity index is 421. The molecule has 0 aromatic carbocycles. The largest absolute Gasteiger partial charge is 0.363 e. The molecule has 1 saturated heterocycles. The lowest BCUT2D eigenvalue weighted by atomic mass is 9.99. The molecule has 7 heteroatoms. The quantitative estimate of drug-likeness (QED) is 0.849. The van der Waals surface area contributed by atoms with Crippen LogP contribution in [0.2, 0.25) is 0 Å². The maximum atomic E-state index is 12.0. The number of carbonyl (C=O) groups is 1. The van der Waals surface area contributed by atoms with Crippen LogP contribution in [0.1, 0.15) is 29.6 Å². The molecule has 100 valence electrons. The van der Waals surface area contributed by atoms with E-state index in [9.17, 15) is 4.79 Å². The smallest absolute Gasteiger partial charge is 0.282 e. The summed E-state index contributed by atoms with van der Waals surface area (Å²) in [5, 5.41) is 14.7. The highest BCUT2D eigenvalue weighted by Crippen LogP contribution is 2.18. The minimum absolute atomic E-state index is 0.115. The molecular formula is C11H19N5OS. The number of carbonyl (C=O) groups excluding carboxylic acids is 1. The first-order chi connectivity index (χ1) is 8.60. The van der Waals surface area contributed by atoms with Gasteiger partial charge in [0.15, 0.2) is 0 Å². The predicted molar refractivity (Wildman–Crippen MR) is 72.0 cm³/mol. The summed E-state index contributed by atoms with van der Waals surface area (Å²) in [5.74, 6) is -0.115. The van der Waals surface area contributed by atoms with E-state index in [1.54, 1.807) is 7.05 Å². The lowest BCUT2D eigenvalue weighted by Crippen LogP contribution is -2.47. The van der Waals surface area contributed by atoms with Gasteiger partial charge in [-0.25, -0.2) is 0 Å². The molecule has 18 heavy (non-hydrogen) atoms. The van der Waals surface area contributed by atoms with E-state index >= 15 is 0 Å². The predicted octanol–water partition coefficient (Wildman–Crippen LogP) is 0.792. The van der Waals surface area contributed by atoms with E-state index in [-0.39, 0.29) is 11.9 Å². The number of rotatable bonds is 3. The monoisotopic (exact) mass is 269 g/mol. The van der Waals surface area contributed by atoms with Gasteiger partial charge >= 0.3 is 0 Å². The van der Waals surface area contributed by atoms with Gasteiger partial charge < -0.3 is 15.5 Å². The van der Waals surface area contributed by atoms with Gasteiger partial charge in [0.25, 0.3) is 5.91 Å². The molecule has 0 saturated carbocycles. The van der Waals surface area contributed by atoms with Crippen LogP contribution in [0.25, 0.3) is 0 Å². The van der Waals surface area contributed by atoms with Crippen LogP contribution < -0.4 is 10.6 Å². The van der Waals surface area contributed by atoms with Crippen molar-refractivity contribution in [1.82, 2.24) is 20.4 Å². The van der Waals surface area contributed by atoms with E-state index in [0.29, 0.717) is 16.2 Å². The first-order valence-electron chi connectivity index (χ1n) is 6.12.